The van der Waals surface area contributed by atoms with Crippen LogP contribution in [0.1, 0.15) is 9.67 Å². The van der Waals surface area contributed by atoms with Gasteiger partial charge in [-0.1, -0.05) is 0 Å². The Bertz CT molecular complexity index is 457. The highest BCUT2D eigenvalue weighted by Crippen LogP contribution is 2.44. The molecule has 0 aromatic carbocycles. The molecule has 0 saturated carbocycles. The maximum Gasteiger partial charge on any atom is 0.263 e. The molecular formula is C13H23N3O4S. The van der Waals surface area contributed by atoms with Gasteiger partial charge in [0.25, 0.3) is 5.91 Å². The summed E-state index contributed by atoms with van der Waals surface area (Å²) in [6.07, 6.45) is 0. The Morgan fingerprint density at radius 2 is 1.81 bits per heavy atom. The first-order valence-corrected chi connectivity index (χ1v) is 7.33. The summed E-state index contributed by atoms with van der Waals surface area (Å²) in [5.74, 6) is 0.297. The molecule has 8 heteroatoms. The molecule has 1 heterocycles. The van der Waals surface area contributed by atoms with E-state index in [1.165, 1.54) is 11.3 Å². The van der Waals surface area contributed by atoms with Gasteiger partial charge in [-0.25, -0.2) is 0 Å². The Morgan fingerprint density at radius 1 is 1.24 bits per heavy atom. The second-order valence-electron chi connectivity index (χ2n) is 4.24. The van der Waals surface area contributed by atoms with Crippen molar-refractivity contribution in [2.75, 3.05) is 65.3 Å². The number of hydrogen-bond donors (Lipinski definition) is 2. The predicted molar refractivity (Wildman–Crippen MR) is 84.6 cm³/mol. The molecule has 0 aliphatic rings. The van der Waals surface area contributed by atoms with E-state index in [0.29, 0.717) is 42.6 Å². The summed E-state index contributed by atoms with van der Waals surface area (Å²) < 4.78 is 15.6. The van der Waals surface area contributed by atoms with Crippen molar-refractivity contribution in [1.29, 1.82) is 0 Å². The average Bonchev–Trinajstić information content (AvgIpc) is 2.83. The second kappa shape index (κ2) is 8.71. The molecule has 0 aliphatic carbocycles. The number of nitrogen functional groups attached to an aromatic ring is 1. The van der Waals surface area contributed by atoms with Gasteiger partial charge in [-0.05, 0) is 0 Å². The van der Waals surface area contributed by atoms with Crippen LogP contribution in [-0.4, -0.2) is 60.6 Å². The molecule has 120 valence electrons. The number of carbonyl (C=O) groups excluding carboxylic acids is 1. The molecular weight excluding hydrogens is 294 g/mol. The first-order chi connectivity index (χ1) is 10.1. The standard InChI is InChI=1S/C13H23N3O4S/c1-15-12(17)11-9(14)10(20-4)13(21-11)16(5-7-18-2)6-8-19-3/h5-8,14H2,1-4H3,(H,15,17). The largest absolute Gasteiger partial charge is 0.492 e. The van der Waals surface area contributed by atoms with Crippen LogP contribution in [0, 0.1) is 0 Å². The average molecular weight is 317 g/mol. The molecule has 0 aliphatic heterocycles. The van der Waals surface area contributed by atoms with E-state index >= 15 is 0 Å². The highest BCUT2D eigenvalue weighted by Gasteiger charge is 2.24. The number of methoxy groups -OCH3 is 3. The number of nitrogens with two attached hydrogens (primary N) is 1. The first kappa shape index (κ1) is 17.5. The highest BCUT2D eigenvalue weighted by molar-refractivity contribution is 7.19. The van der Waals surface area contributed by atoms with E-state index < -0.39 is 0 Å². The van der Waals surface area contributed by atoms with E-state index in [1.807, 2.05) is 4.90 Å². The number of nitrogens with zero attached hydrogens (tertiary/aromatic N) is 1. The van der Waals surface area contributed by atoms with E-state index in [0.717, 1.165) is 5.00 Å². The zero-order valence-electron chi connectivity index (χ0n) is 12.9. The van der Waals surface area contributed by atoms with Gasteiger partial charge in [0.2, 0.25) is 0 Å². The predicted octanol–water partition coefficient (Wildman–Crippen LogP) is 0.798. The normalized spacial score (nSPS) is 10.5. The van der Waals surface area contributed by atoms with Crippen molar-refractivity contribution in [1.82, 2.24) is 5.32 Å². The SMILES string of the molecule is CNC(=O)c1sc(N(CCOC)CCOC)c(OC)c1N. The molecule has 0 fully saturated rings. The molecule has 0 atom stereocenters. The van der Waals surface area contributed by atoms with Gasteiger partial charge < -0.3 is 30.2 Å². The van der Waals surface area contributed by atoms with Gasteiger partial charge >= 0.3 is 0 Å². The van der Waals surface area contributed by atoms with Gasteiger partial charge in [-0.3, -0.25) is 4.79 Å². The molecule has 1 amide bonds. The quantitative estimate of drug-likeness (QED) is 0.700. The lowest BCUT2D eigenvalue weighted by molar-refractivity contribution is 0.0967. The fourth-order valence-corrected chi connectivity index (χ4v) is 3.01. The molecule has 3 N–H and O–H groups in total. The van der Waals surface area contributed by atoms with Crippen molar-refractivity contribution in [3.8, 4) is 5.75 Å². The first-order valence-electron chi connectivity index (χ1n) is 6.51. The number of carbonyl (C=O) groups is 1. The third-order valence-corrected chi connectivity index (χ3v) is 4.18. The van der Waals surface area contributed by atoms with Crippen molar-refractivity contribution in [3.05, 3.63) is 4.88 Å². The summed E-state index contributed by atoms with van der Waals surface area (Å²) in [6.45, 7) is 2.42. The Kier molecular flexibility index (Phi) is 7.27. The summed E-state index contributed by atoms with van der Waals surface area (Å²) in [4.78, 5) is 14.4. The zero-order valence-corrected chi connectivity index (χ0v) is 13.7. The summed E-state index contributed by atoms with van der Waals surface area (Å²) >= 11 is 1.31. The van der Waals surface area contributed by atoms with Crippen molar-refractivity contribution in [2.24, 2.45) is 0 Å². The fourth-order valence-electron chi connectivity index (χ4n) is 1.82. The van der Waals surface area contributed by atoms with E-state index in [2.05, 4.69) is 5.32 Å². The monoisotopic (exact) mass is 317 g/mol. The molecule has 7 nitrogen and oxygen atoms in total. The van der Waals surface area contributed by atoms with Crippen molar-refractivity contribution in [3.63, 3.8) is 0 Å². The summed E-state index contributed by atoms with van der Waals surface area (Å²) in [5, 5.41) is 3.39. The lowest BCUT2D eigenvalue weighted by Gasteiger charge is -2.23. The van der Waals surface area contributed by atoms with Gasteiger partial charge in [-0.15, -0.1) is 11.3 Å². The third kappa shape index (κ3) is 4.23. The van der Waals surface area contributed by atoms with Crippen LogP contribution in [0.5, 0.6) is 5.75 Å². The molecule has 1 rings (SSSR count). The Labute approximate surface area is 129 Å². The Balaban J connectivity index is 3.12. The van der Waals surface area contributed by atoms with Crippen LogP contribution >= 0.6 is 11.3 Å². The highest BCUT2D eigenvalue weighted by atomic mass is 32.1. The van der Waals surface area contributed by atoms with Crippen LogP contribution in [0.2, 0.25) is 0 Å². The number of thiophene rings is 1. The van der Waals surface area contributed by atoms with Gasteiger partial charge in [-0.2, -0.15) is 0 Å². The minimum Gasteiger partial charge on any atom is -0.492 e. The third-order valence-electron chi connectivity index (χ3n) is 2.94. The maximum atomic E-state index is 11.9. The van der Waals surface area contributed by atoms with Gasteiger partial charge in [0.05, 0.1) is 20.3 Å². The lowest BCUT2D eigenvalue weighted by Crippen LogP contribution is -2.30. The number of hydrogen-bond acceptors (Lipinski definition) is 7. The van der Waals surface area contributed by atoms with Crippen LogP contribution in [-0.2, 0) is 9.47 Å². The van der Waals surface area contributed by atoms with Crippen LogP contribution in [0.15, 0.2) is 0 Å². The molecule has 0 radical (unpaired) electrons. The van der Waals surface area contributed by atoms with E-state index in [4.69, 9.17) is 19.9 Å². The summed E-state index contributed by atoms with van der Waals surface area (Å²) in [7, 11) is 6.40. The van der Waals surface area contributed by atoms with Crippen molar-refractivity contribution < 1.29 is 19.0 Å². The fraction of sp³-hybridized carbons (Fsp3) is 0.615. The lowest BCUT2D eigenvalue weighted by atomic mass is 10.3. The minimum atomic E-state index is -0.222. The molecule has 21 heavy (non-hydrogen) atoms. The molecule has 0 spiro atoms. The number of nitrogens with one attached hydrogen (secondary N) is 1. The number of anilines is 2. The molecule has 0 unspecified atom stereocenters. The van der Waals surface area contributed by atoms with Gasteiger partial charge in [0.1, 0.15) is 15.6 Å². The van der Waals surface area contributed by atoms with Crippen LogP contribution < -0.4 is 20.7 Å². The molecule has 1 aromatic heterocycles. The maximum absolute atomic E-state index is 11.9. The van der Waals surface area contributed by atoms with Gasteiger partial charge in [0.15, 0.2) is 5.75 Å². The topological polar surface area (TPSA) is 86.1 Å². The summed E-state index contributed by atoms with van der Waals surface area (Å²) in [6, 6.07) is 0. The van der Waals surface area contributed by atoms with E-state index in [-0.39, 0.29) is 5.91 Å². The van der Waals surface area contributed by atoms with E-state index in [9.17, 15) is 4.79 Å². The Morgan fingerprint density at radius 3 is 2.24 bits per heavy atom. The van der Waals surface area contributed by atoms with Crippen molar-refractivity contribution >= 4 is 27.9 Å². The number of rotatable bonds is 9. The van der Waals surface area contributed by atoms with Crippen LogP contribution in [0.4, 0.5) is 10.7 Å². The second-order valence-corrected chi connectivity index (χ2v) is 5.23. The number of ether oxygens (including phenoxy) is 3. The van der Waals surface area contributed by atoms with Crippen LogP contribution in [0.3, 0.4) is 0 Å². The summed E-state index contributed by atoms with van der Waals surface area (Å²) in [5.41, 5.74) is 6.38. The van der Waals surface area contributed by atoms with Gasteiger partial charge in [0, 0.05) is 34.4 Å². The minimum absolute atomic E-state index is 0.222. The smallest absolute Gasteiger partial charge is 0.263 e. The number of amides is 1. The molecule has 1 aromatic rings. The zero-order chi connectivity index (χ0) is 15.8. The van der Waals surface area contributed by atoms with Crippen molar-refractivity contribution in [2.45, 2.75) is 0 Å². The molecule has 0 bridgehead atoms. The van der Waals surface area contributed by atoms with E-state index in [1.54, 1.807) is 28.4 Å². The molecule has 0 saturated heterocycles. The Hall–Kier alpha value is -1.51. The van der Waals surface area contributed by atoms with Crippen LogP contribution in [0.25, 0.3) is 0 Å².